The number of piperidine rings is 7. The van der Waals surface area contributed by atoms with Crippen LogP contribution < -0.4 is 0 Å². The van der Waals surface area contributed by atoms with Crippen molar-refractivity contribution in [1.82, 2.24) is 49.0 Å². The van der Waals surface area contributed by atoms with E-state index >= 15 is 0 Å². The van der Waals surface area contributed by atoms with Crippen molar-refractivity contribution in [3.8, 4) is 0 Å². The average molecular weight is 1400 g/mol. The summed E-state index contributed by atoms with van der Waals surface area (Å²) >= 11 is 0. The Kier molecular flexibility index (Phi) is 28.8. The van der Waals surface area contributed by atoms with Gasteiger partial charge in [0.15, 0.2) is 0 Å². The summed E-state index contributed by atoms with van der Waals surface area (Å²) in [6, 6.07) is 6.27. The van der Waals surface area contributed by atoms with Crippen molar-refractivity contribution in [3.63, 3.8) is 0 Å². The van der Waals surface area contributed by atoms with Gasteiger partial charge in [0, 0.05) is 126 Å². The highest BCUT2D eigenvalue weighted by Crippen LogP contribution is 2.43. The van der Waals surface area contributed by atoms with E-state index in [2.05, 4.69) is 119 Å². The fourth-order valence-electron chi connectivity index (χ4n) is 23.8. The van der Waals surface area contributed by atoms with Crippen LogP contribution in [-0.4, -0.2) is 357 Å². The van der Waals surface area contributed by atoms with Gasteiger partial charge in [-0.25, -0.2) is 0 Å². The number of hydrogen-bond acceptors (Lipinski definition) is 20. The van der Waals surface area contributed by atoms with E-state index in [4.69, 9.17) is 0 Å². The largest absolute Gasteiger partial charge is 0.393 e. The first-order valence-electron chi connectivity index (χ1n) is 41.1. The van der Waals surface area contributed by atoms with E-state index in [0.717, 1.165) is 133 Å². The molecule has 10 N–H and O–H groups in total. The average Bonchev–Trinajstić information content (AvgIpc) is 1.77. The minimum absolute atomic E-state index is 0.00111. The van der Waals surface area contributed by atoms with Gasteiger partial charge in [-0.05, 0) is 303 Å². The normalized spacial score (nSPS) is 48.2. The van der Waals surface area contributed by atoms with Crippen molar-refractivity contribution in [2.24, 2.45) is 59.2 Å². The van der Waals surface area contributed by atoms with Crippen LogP contribution in [0.4, 0.5) is 0 Å². The topological polar surface area (TPSA) is 235 Å². The van der Waals surface area contributed by atoms with E-state index in [0.29, 0.717) is 89.8 Å². The molecule has 99 heavy (non-hydrogen) atoms. The first-order valence-corrected chi connectivity index (χ1v) is 41.1. The van der Waals surface area contributed by atoms with E-state index in [9.17, 15) is 51.1 Å². The first-order chi connectivity index (χ1) is 47.2. The lowest BCUT2D eigenvalue weighted by molar-refractivity contribution is -0.101. The molecule has 27 atom stereocenters. The van der Waals surface area contributed by atoms with Gasteiger partial charge in [-0.1, -0.05) is 12.8 Å². The Morgan fingerprint density at radius 2 is 0.677 bits per heavy atom. The highest BCUT2D eigenvalue weighted by atomic mass is 16.3. The van der Waals surface area contributed by atoms with E-state index in [-0.39, 0.29) is 61.0 Å². The molecule has 27 unspecified atom stereocenters. The molecule has 0 aromatic heterocycles. The van der Waals surface area contributed by atoms with Crippen molar-refractivity contribution in [1.29, 1.82) is 0 Å². The number of nitrogens with zero attached hydrogens (tertiary/aromatic N) is 10. The van der Waals surface area contributed by atoms with Crippen LogP contribution in [0.1, 0.15) is 186 Å². The summed E-state index contributed by atoms with van der Waals surface area (Å²) in [6.45, 7) is 11.4. The third kappa shape index (κ3) is 20.1. The molecule has 21 rings (SSSR count). The summed E-state index contributed by atoms with van der Waals surface area (Å²) in [7, 11) is 21.5. The van der Waals surface area contributed by atoms with Crippen molar-refractivity contribution < 1.29 is 51.1 Å². The lowest BCUT2D eigenvalue weighted by Crippen LogP contribution is -2.57. The molecule has 0 spiro atoms. The highest BCUT2D eigenvalue weighted by molar-refractivity contribution is 5.01. The number of aliphatic hydroxyl groups excluding tert-OH is 10. The summed E-state index contributed by atoms with van der Waals surface area (Å²) in [4.78, 5) is 23.5. The van der Waals surface area contributed by atoms with Gasteiger partial charge in [-0.3, -0.25) is 9.80 Å². The Morgan fingerprint density at radius 1 is 0.212 bits per heavy atom. The lowest BCUT2D eigenvalue weighted by Gasteiger charge is -2.50. The number of likely N-dealkylation sites (tertiary alicyclic amines) is 6. The summed E-state index contributed by atoms with van der Waals surface area (Å²) in [5, 5.41) is 94.9. The van der Waals surface area contributed by atoms with Gasteiger partial charge < -0.3 is 90.3 Å². The van der Waals surface area contributed by atoms with Crippen LogP contribution in [-0.2, 0) is 0 Å². The Morgan fingerprint density at radius 3 is 1.27 bits per heavy atom. The monoisotopic (exact) mass is 1400 g/mol. The SMILES string of the molecule is CN1C2CCC(O)C1CC2.CN1C2CCC1CC(O)C2.CN1C2CCCC1C(O)C2.CN1CC2CC(C1)C2O.CN1CC2CC(O)C(C2)C1.CN1CC2CC(O)CC1C2.CN1CC2CC1CCC2O.CN1CC2CCC(C1)C2O.CN1CC2CCC(O)C1C2.CN1CC2CCCC1C2O. The summed E-state index contributed by atoms with van der Waals surface area (Å²) < 4.78 is 0. The van der Waals surface area contributed by atoms with Gasteiger partial charge in [0.05, 0.1) is 61.0 Å². The van der Waals surface area contributed by atoms with Crippen molar-refractivity contribution in [3.05, 3.63) is 0 Å². The van der Waals surface area contributed by atoms with Gasteiger partial charge in [0.25, 0.3) is 0 Å². The van der Waals surface area contributed by atoms with Crippen LogP contribution >= 0.6 is 0 Å². The predicted octanol–water partition coefficient (Wildman–Crippen LogP) is 4.22. The van der Waals surface area contributed by atoms with E-state index in [1.165, 1.54) is 148 Å². The first kappa shape index (κ1) is 79.2. The second-order valence-electron chi connectivity index (χ2n) is 37.1. The number of aliphatic hydroxyl groups is 10. The maximum atomic E-state index is 9.64. The Hall–Kier alpha value is -0.800. The summed E-state index contributed by atoms with van der Waals surface area (Å²) in [6.07, 6.45) is 34.3. The summed E-state index contributed by atoms with van der Waals surface area (Å²) in [5.41, 5.74) is 0. The molecule has 574 valence electrons. The molecule has 0 aromatic rings. The molecule has 21 aliphatic rings. The fraction of sp³-hybridized carbons (Fsp3) is 1.00. The molecular formula is C79H148N10O10. The number of hydrogen-bond donors (Lipinski definition) is 10. The molecule has 20 heteroatoms. The molecule has 7 saturated carbocycles. The lowest BCUT2D eigenvalue weighted by atomic mass is 9.68. The van der Waals surface area contributed by atoms with Crippen LogP contribution in [0, 0.1) is 59.2 Å². The van der Waals surface area contributed by atoms with Gasteiger partial charge in [-0.2, -0.15) is 0 Å². The minimum atomic E-state index is -0.0382. The zero-order chi connectivity index (χ0) is 70.7. The molecule has 14 heterocycles. The van der Waals surface area contributed by atoms with Crippen molar-refractivity contribution in [2.45, 2.75) is 308 Å². The Balaban J connectivity index is 0.000000111. The van der Waals surface area contributed by atoms with Gasteiger partial charge in [0.2, 0.25) is 0 Å². The number of fused-ring (bicyclic) bond motifs is 20. The maximum Gasteiger partial charge on any atom is 0.0735 e. The van der Waals surface area contributed by atoms with Gasteiger partial charge in [0.1, 0.15) is 0 Å². The third-order valence-electron chi connectivity index (χ3n) is 29.8. The van der Waals surface area contributed by atoms with Crippen LogP contribution in [0.5, 0.6) is 0 Å². The van der Waals surface area contributed by atoms with E-state index < -0.39 is 0 Å². The van der Waals surface area contributed by atoms with E-state index in [1.807, 2.05) is 0 Å². The molecule has 0 radical (unpaired) electrons. The van der Waals surface area contributed by atoms with Crippen LogP contribution in [0.15, 0.2) is 0 Å². The number of rotatable bonds is 0. The molecule has 14 aliphatic heterocycles. The van der Waals surface area contributed by atoms with Gasteiger partial charge in [-0.15, -0.1) is 0 Å². The molecular weight excluding hydrogens is 1250 g/mol. The molecule has 20 bridgehead atoms. The van der Waals surface area contributed by atoms with E-state index in [1.54, 1.807) is 0 Å². The fourth-order valence-corrected chi connectivity index (χ4v) is 23.8. The molecule has 21 fully saturated rings. The second kappa shape index (κ2) is 35.9. The maximum absolute atomic E-state index is 9.64. The van der Waals surface area contributed by atoms with Crippen LogP contribution in [0.2, 0.25) is 0 Å². The second-order valence-corrected chi connectivity index (χ2v) is 37.1. The standard InChI is InChI=1S/9C8H15NO.C7H13NO/c1-9-5-6-2-7(9)4-8(10)3-6;1-9-4-6-2-7(5-9)8(10)3-6;1-9-6-2-4-7(9)8(10)5-3-6;1-9-5-6-4-7(9)2-3-8(6)10;1-9-4-6-2-3-7(5-9)8(6)10;1-9-6-2-3-7(9)5-8(10)4-6;1-9-5-6-2-3-8(10)7(9)4-6;1-9-5-6-3-2-4-7(9)8(6)10;1-9-6-3-2-4-7(9)8(10)5-6;1-8-3-5-2-6(4-8)7(5)9/h9*6-8,10H,2-5H2,1H3;5-7,9H,2-4H2,1H3. The minimum Gasteiger partial charge on any atom is -0.393 e. The Bertz CT molecular complexity index is 2220. The third-order valence-corrected chi connectivity index (χ3v) is 29.8. The molecule has 0 aromatic carbocycles. The Labute approximate surface area is 600 Å². The molecule has 14 saturated heterocycles. The van der Waals surface area contributed by atoms with Crippen LogP contribution in [0.25, 0.3) is 0 Å². The summed E-state index contributed by atoms with van der Waals surface area (Å²) in [5.74, 6) is 6.61. The predicted molar refractivity (Wildman–Crippen MR) is 393 cm³/mol. The van der Waals surface area contributed by atoms with Crippen LogP contribution in [0.3, 0.4) is 0 Å². The molecule has 7 aliphatic carbocycles. The zero-order valence-corrected chi connectivity index (χ0v) is 63.8. The van der Waals surface area contributed by atoms with Crippen molar-refractivity contribution in [2.75, 3.05) is 136 Å². The molecule has 20 nitrogen and oxygen atoms in total. The zero-order valence-electron chi connectivity index (χ0n) is 63.8. The molecule has 0 amide bonds. The number of likely N-dealkylation sites (N-methyl/N-ethyl adjacent to an activating group) is 4. The highest BCUT2D eigenvalue weighted by Gasteiger charge is 2.47. The quantitative estimate of drug-likeness (QED) is 0.164. The van der Waals surface area contributed by atoms with Gasteiger partial charge >= 0.3 is 0 Å². The van der Waals surface area contributed by atoms with Crippen molar-refractivity contribution >= 4 is 0 Å². The smallest absolute Gasteiger partial charge is 0.0735 e.